The van der Waals surface area contributed by atoms with E-state index in [1.807, 2.05) is 25.5 Å². The summed E-state index contributed by atoms with van der Waals surface area (Å²) in [5.41, 5.74) is 8.60. The highest BCUT2D eigenvalue weighted by molar-refractivity contribution is 5.77. The summed E-state index contributed by atoms with van der Waals surface area (Å²) in [7, 11) is 1.90. The lowest BCUT2D eigenvalue weighted by Crippen LogP contribution is -2.11. The first kappa shape index (κ1) is 10.9. The number of rotatable bonds is 4. The van der Waals surface area contributed by atoms with Crippen LogP contribution in [-0.2, 0) is 18.3 Å². The van der Waals surface area contributed by atoms with Crippen LogP contribution in [0.5, 0.6) is 0 Å². The molecular weight excluding hydrogens is 206 g/mol. The van der Waals surface area contributed by atoms with Gasteiger partial charge in [0, 0.05) is 13.7 Å². The molecule has 2 aromatic heterocycles. The molecule has 0 unspecified atom stereocenters. The maximum absolute atomic E-state index is 5.87. The van der Waals surface area contributed by atoms with Crippen molar-refractivity contribution in [3.05, 3.63) is 5.69 Å². The summed E-state index contributed by atoms with van der Waals surface area (Å²) in [6.45, 7) is 5.95. The standard InChI is InChI=1S/C10H17N5O/c1-4-16-6-5-15-9-8(12-10(15)11)7(2)13-14(9)3/h4-6H2,1-3H3,(H2,11,12). The average molecular weight is 223 g/mol. The molecule has 0 saturated carbocycles. The van der Waals surface area contributed by atoms with Gasteiger partial charge >= 0.3 is 0 Å². The van der Waals surface area contributed by atoms with Crippen molar-refractivity contribution in [3.8, 4) is 0 Å². The molecule has 16 heavy (non-hydrogen) atoms. The van der Waals surface area contributed by atoms with E-state index in [4.69, 9.17) is 10.5 Å². The number of imidazole rings is 1. The van der Waals surface area contributed by atoms with Gasteiger partial charge in [0.2, 0.25) is 5.95 Å². The number of hydrogen-bond donors (Lipinski definition) is 1. The summed E-state index contributed by atoms with van der Waals surface area (Å²) in [6, 6.07) is 0. The molecule has 0 spiro atoms. The van der Waals surface area contributed by atoms with Crippen molar-refractivity contribution >= 4 is 17.1 Å². The number of fused-ring (bicyclic) bond motifs is 1. The van der Waals surface area contributed by atoms with Gasteiger partial charge in [0.1, 0.15) is 5.52 Å². The molecule has 2 N–H and O–H groups in total. The minimum Gasteiger partial charge on any atom is -0.380 e. The SMILES string of the molecule is CCOCCn1c(N)nc2c(C)nn(C)c21. The third-order valence-electron chi connectivity index (χ3n) is 2.58. The van der Waals surface area contributed by atoms with Crippen LogP contribution in [-0.4, -0.2) is 32.5 Å². The van der Waals surface area contributed by atoms with E-state index in [2.05, 4.69) is 10.1 Å². The molecular formula is C10H17N5O. The smallest absolute Gasteiger partial charge is 0.202 e. The lowest BCUT2D eigenvalue weighted by molar-refractivity contribution is 0.140. The van der Waals surface area contributed by atoms with Crippen LogP contribution in [0.15, 0.2) is 0 Å². The Kier molecular flexibility index (Phi) is 2.82. The third kappa shape index (κ3) is 1.65. The van der Waals surface area contributed by atoms with Crippen LogP contribution in [0.2, 0.25) is 0 Å². The van der Waals surface area contributed by atoms with E-state index in [-0.39, 0.29) is 0 Å². The first-order valence-electron chi connectivity index (χ1n) is 5.38. The van der Waals surface area contributed by atoms with Crippen LogP contribution in [0.4, 0.5) is 5.95 Å². The lowest BCUT2D eigenvalue weighted by Gasteiger charge is -2.06. The molecule has 0 radical (unpaired) electrons. The summed E-state index contributed by atoms with van der Waals surface area (Å²) in [5, 5.41) is 4.32. The van der Waals surface area contributed by atoms with E-state index in [1.54, 1.807) is 4.68 Å². The zero-order valence-electron chi connectivity index (χ0n) is 9.90. The number of nitrogens with two attached hydrogens (primary N) is 1. The molecule has 0 fully saturated rings. The molecule has 2 rings (SSSR count). The lowest BCUT2D eigenvalue weighted by atomic mass is 10.4. The predicted octanol–water partition coefficient (Wildman–Crippen LogP) is 0.697. The minimum atomic E-state index is 0.519. The normalized spacial score (nSPS) is 11.4. The third-order valence-corrected chi connectivity index (χ3v) is 2.58. The number of aryl methyl sites for hydroxylation is 2. The van der Waals surface area contributed by atoms with Gasteiger partial charge in [-0.2, -0.15) is 5.10 Å². The monoisotopic (exact) mass is 223 g/mol. The number of aromatic nitrogens is 4. The first-order chi connectivity index (χ1) is 7.65. The van der Waals surface area contributed by atoms with E-state index < -0.39 is 0 Å². The van der Waals surface area contributed by atoms with E-state index in [9.17, 15) is 0 Å². The Hall–Kier alpha value is -1.56. The van der Waals surface area contributed by atoms with E-state index in [0.717, 1.165) is 16.9 Å². The Labute approximate surface area is 94.0 Å². The Balaban J connectivity index is 2.38. The second-order valence-corrected chi connectivity index (χ2v) is 3.70. The fourth-order valence-electron chi connectivity index (χ4n) is 1.87. The zero-order valence-corrected chi connectivity index (χ0v) is 9.90. The van der Waals surface area contributed by atoms with Crippen molar-refractivity contribution in [3.63, 3.8) is 0 Å². The summed E-state index contributed by atoms with van der Waals surface area (Å²) in [5.74, 6) is 0.519. The molecule has 0 aromatic carbocycles. The summed E-state index contributed by atoms with van der Waals surface area (Å²) in [4.78, 5) is 4.31. The molecule has 0 aliphatic carbocycles. The number of anilines is 1. The Morgan fingerprint density at radius 2 is 2.19 bits per heavy atom. The van der Waals surface area contributed by atoms with E-state index >= 15 is 0 Å². The molecule has 2 aromatic rings. The van der Waals surface area contributed by atoms with Crippen molar-refractivity contribution in [2.45, 2.75) is 20.4 Å². The van der Waals surface area contributed by atoms with Gasteiger partial charge in [0.15, 0.2) is 5.65 Å². The Bertz CT molecular complexity index is 499. The molecule has 0 saturated heterocycles. The molecule has 0 amide bonds. The van der Waals surface area contributed by atoms with Crippen LogP contribution in [0, 0.1) is 6.92 Å². The fourth-order valence-corrected chi connectivity index (χ4v) is 1.87. The zero-order chi connectivity index (χ0) is 11.7. The summed E-state index contributed by atoms with van der Waals surface area (Å²) in [6.07, 6.45) is 0. The predicted molar refractivity (Wildman–Crippen MR) is 62.1 cm³/mol. The number of hydrogen-bond acceptors (Lipinski definition) is 4. The summed E-state index contributed by atoms with van der Waals surface area (Å²) < 4.78 is 9.06. The molecule has 0 atom stereocenters. The van der Waals surface area contributed by atoms with Gasteiger partial charge in [-0.05, 0) is 13.8 Å². The maximum Gasteiger partial charge on any atom is 0.202 e. The van der Waals surface area contributed by atoms with Crippen LogP contribution >= 0.6 is 0 Å². The molecule has 6 nitrogen and oxygen atoms in total. The van der Waals surface area contributed by atoms with E-state index in [1.165, 1.54) is 0 Å². The van der Waals surface area contributed by atoms with Gasteiger partial charge in [0.05, 0.1) is 18.8 Å². The number of nitrogens with zero attached hydrogens (tertiary/aromatic N) is 4. The average Bonchev–Trinajstić information content (AvgIpc) is 2.69. The topological polar surface area (TPSA) is 70.9 Å². The second-order valence-electron chi connectivity index (χ2n) is 3.70. The van der Waals surface area contributed by atoms with Gasteiger partial charge in [0.25, 0.3) is 0 Å². The molecule has 88 valence electrons. The van der Waals surface area contributed by atoms with Crippen molar-refractivity contribution < 1.29 is 4.74 Å². The van der Waals surface area contributed by atoms with Crippen LogP contribution in [0.25, 0.3) is 11.2 Å². The van der Waals surface area contributed by atoms with Crippen molar-refractivity contribution in [2.24, 2.45) is 7.05 Å². The highest BCUT2D eigenvalue weighted by Crippen LogP contribution is 2.19. The molecule has 0 aliphatic heterocycles. The van der Waals surface area contributed by atoms with Gasteiger partial charge in [-0.1, -0.05) is 0 Å². The number of ether oxygens (including phenoxy) is 1. The molecule has 6 heteroatoms. The number of nitrogen functional groups attached to an aromatic ring is 1. The molecule has 0 bridgehead atoms. The van der Waals surface area contributed by atoms with Gasteiger partial charge in [-0.3, -0.25) is 9.25 Å². The van der Waals surface area contributed by atoms with Crippen molar-refractivity contribution in [1.82, 2.24) is 19.3 Å². The van der Waals surface area contributed by atoms with Gasteiger partial charge < -0.3 is 10.5 Å². The van der Waals surface area contributed by atoms with Crippen molar-refractivity contribution in [2.75, 3.05) is 18.9 Å². The Morgan fingerprint density at radius 3 is 2.88 bits per heavy atom. The fraction of sp³-hybridized carbons (Fsp3) is 0.600. The first-order valence-corrected chi connectivity index (χ1v) is 5.38. The highest BCUT2D eigenvalue weighted by Gasteiger charge is 2.14. The van der Waals surface area contributed by atoms with Crippen LogP contribution in [0.3, 0.4) is 0 Å². The van der Waals surface area contributed by atoms with E-state index in [0.29, 0.717) is 25.7 Å². The highest BCUT2D eigenvalue weighted by atomic mass is 16.5. The second kappa shape index (κ2) is 4.13. The van der Waals surface area contributed by atoms with Gasteiger partial charge in [-0.15, -0.1) is 0 Å². The van der Waals surface area contributed by atoms with Crippen LogP contribution in [0.1, 0.15) is 12.6 Å². The maximum atomic E-state index is 5.87. The minimum absolute atomic E-state index is 0.519. The Morgan fingerprint density at radius 1 is 1.44 bits per heavy atom. The summed E-state index contributed by atoms with van der Waals surface area (Å²) >= 11 is 0. The van der Waals surface area contributed by atoms with Crippen LogP contribution < -0.4 is 5.73 Å². The molecule has 0 aliphatic rings. The molecule has 2 heterocycles. The van der Waals surface area contributed by atoms with Crippen molar-refractivity contribution in [1.29, 1.82) is 0 Å². The largest absolute Gasteiger partial charge is 0.380 e. The quantitative estimate of drug-likeness (QED) is 0.774. The van der Waals surface area contributed by atoms with Gasteiger partial charge in [-0.25, -0.2) is 4.98 Å².